The molecule has 2 aliphatic rings. The number of fused-ring (bicyclic) bond motifs is 2. The van der Waals surface area contributed by atoms with Crippen LogP contribution in [0, 0.1) is 0 Å². The molecule has 0 radical (unpaired) electrons. The number of likely N-dealkylation sites (N-methyl/N-ethyl adjacent to an activating group) is 1. The van der Waals surface area contributed by atoms with Crippen LogP contribution in [0.4, 0.5) is 5.69 Å². The molecule has 0 bridgehead atoms. The zero-order chi connectivity index (χ0) is 26.2. The lowest BCUT2D eigenvalue weighted by Crippen LogP contribution is -2.30. The highest BCUT2D eigenvalue weighted by Gasteiger charge is 2.30. The molecule has 1 aliphatic carbocycles. The first-order valence-corrected chi connectivity index (χ1v) is 14.1. The van der Waals surface area contributed by atoms with Gasteiger partial charge in [-0.15, -0.1) is 0 Å². The summed E-state index contributed by atoms with van der Waals surface area (Å²) >= 11 is 0. The summed E-state index contributed by atoms with van der Waals surface area (Å²) in [6.45, 7) is 28.2. The molecule has 0 fully saturated rings. The number of nitrogens with zero attached hydrogens (tertiary/aromatic N) is 1. The monoisotopic (exact) mass is 490 g/mol. The Kier molecular flexibility index (Phi) is 37.5. The highest BCUT2D eigenvalue weighted by atomic mass is 15.2. The van der Waals surface area contributed by atoms with Gasteiger partial charge < -0.3 is 4.90 Å². The molecule has 1 nitrogen and oxygen atoms in total. The highest BCUT2D eigenvalue weighted by Crippen LogP contribution is 2.39. The van der Waals surface area contributed by atoms with Crippen LogP contribution in [0.2, 0.25) is 0 Å². The van der Waals surface area contributed by atoms with Crippen LogP contribution in [0.25, 0.3) is 0 Å². The Labute approximate surface area is 224 Å². The van der Waals surface area contributed by atoms with Gasteiger partial charge in [-0.1, -0.05) is 140 Å². The van der Waals surface area contributed by atoms with Crippen LogP contribution in [0.5, 0.6) is 0 Å². The normalized spacial score (nSPS) is 14.9. The zero-order valence-electron chi connectivity index (χ0n) is 24.8. The van der Waals surface area contributed by atoms with E-state index in [1.54, 1.807) is 11.1 Å². The fraction of sp³-hybridized carbons (Fsp3) is 0.647. The van der Waals surface area contributed by atoms with E-state index in [4.69, 9.17) is 0 Å². The van der Waals surface area contributed by atoms with Gasteiger partial charge in [-0.2, -0.15) is 0 Å². The van der Waals surface area contributed by atoms with Crippen LogP contribution in [-0.2, 0) is 12.8 Å². The standard InChI is InChI=1S/C12H17N.C9H10.C3H8.4C2H6.2CH4/c1-4-13-10(3)9(2)11-7-5-6-8-12(11)13;1-2-5-9-7-3-6-8(9)4-1;1-3-2;4*1-2;;/h5-10H,4H2,1-3H3;1-2,4-5H,3,6-7H2;3H2,1-2H3;4*1-2H3;2*1H4/t9-,10+;;;;;;;;/m1......../s1. The molecule has 1 heteroatoms. The van der Waals surface area contributed by atoms with Crippen molar-refractivity contribution in [2.75, 3.05) is 11.4 Å². The summed E-state index contributed by atoms with van der Waals surface area (Å²) in [5, 5.41) is 0. The Morgan fingerprint density at radius 3 is 1.43 bits per heavy atom. The van der Waals surface area contributed by atoms with E-state index in [1.807, 2.05) is 55.4 Å². The minimum Gasteiger partial charge on any atom is -0.368 e. The fourth-order valence-corrected chi connectivity index (χ4v) is 3.86. The molecule has 0 saturated heterocycles. The molecule has 2 aromatic carbocycles. The van der Waals surface area contributed by atoms with E-state index in [-0.39, 0.29) is 14.9 Å². The quantitative estimate of drug-likeness (QED) is 0.385. The molecule has 2 atom stereocenters. The van der Waals surface area contributed by atoms with Gasteiger partial charge in [-0.25, -0.2) is 0 Å². The van der Waals surface area contributed by atoms with E-state index in [0.29, 0.717) is 12.0 Å². The molecule has 0 aromatic heterocycles. The highest BCUT2D eigenvalue weighted by molar-refractivity contribution is 5.61. The number of benzene rings is 2. The molecule has 0 amide bonds. The second-order valence-electron chi connectivity index (χ2n) is 7.20. The molecule has 0 N–H and O–H groups in total. The summed E-state index contributed by atoms with van der Waals surface area (Å²) in [7, 11) is 0. The van der Waals surface area contributed by atoms with Gasteiger partial charge in [0.05, 0.1) is 0 Å². The van der Waals surface area contributed by atoms with Crippen LogP contribution < -0.4 is 4.90 Å². The topological polar surface area (TPSA) is 3.24 Å². The van der Waals surface area contributed by atoms with Gasteiger partial charge >= 0.3 is 0 Å². The van der Waals surface area contributed by atoms with E-state index >= 15 is 0 Å². The van der Waals surface area contributed by atoms with Crippen molar-refractivity contribution >= 4 is 5.69 Å². The van der Waals surface area contributed by atoms with E-state index in [2.05, 4.69) is 88.0 Å². The first-order valence-electron chi connectivity index (χ1n) is 14.1. The van der Waals surface area contributed by atoms with E-state index in [1.165, 1.54) is 36.9 Å². The van der Waals surface area contributed by atoms with Crippen molar-refractivity contribution in [3.63, 3.8) is 0 Å². The van der Waals surface area contributed by atoms with Gasteiger partial charge in [0.25, 0.3) is 0 Å². The van der Waals surface area contributed by atoms with E-state index in [9.17, 15) is 0 Å². The summed E-state index contributed by atoms with van der Waals surface area (Å²) in [5.41, 5.74) is 6.08. The molecule has 1 heterocycles. The molecule has 35 heavy (non-hydrogen) atoms. The summed E-state index contributed by atoms with van der Waals surface area (Å²) < 4.78 is 0. The van der Waals surface area contributed by atoms with Gasteiger partial charge in [-0.05, 0) is 55.9 Å². The first-order chi connectivity index (χ1) is 16.1. The van der Waals surface area contributed by atoms with Crippen molar-refractivity contribution in [1.82, 2.24) is 0 Å². The summed E-state index contributed by atoms with van der Waals surface area (Å²) in [4.78, 5) is 2.49. The predicted molar refractivity (Wildman–Crippen MR) is 171 cm³/mol. The maximum absolute atomic E-state index is 2.49. The molecule has 0 saturated carbocycles. The third-order valence-corrected chi connectivity index (χ3v) is 5.30. The van der Waals surface area contributed by atoms with Crippen LogP contribution in [0.3, 0.4) is 0 Å². The van der Waals surface area contributed by atoms with Crippen molar-refractivity contribution in [3.05, 3.63) is 65.2 Å². The van der Waals surface area contributed by atoms with E-state index in [0.717, 1.165) is 6.54 Å². The molecule has 4 rings (SSSR count). The maximum Gasteiger partial charge on any atom is 0.0404 e. The van der Waals surface area contributed by atoms with Gasteiger partial charge in [0, 0.05) is 24.2 Å². The lowest BCUT2D eigenvalue weighted by Gasteiger charge is -2.24. The minimum atomic E-state index is 0. The Balaban J connectivity index is -0.000000120. The summed E-state index contributed by atoms with van der Waals surface area (Å²) in [6.07, 6.45) is 5.21. The number of rotatable bonds is 1. The second-order valence-corrected chi connectivity index (χ2v) is 7.20. The van der Waals surface area contributed by atoms with Crippen molar-refractivity contribution in [2.45, 2.75) is 143 Å². The summed E-state index contributed by atoms with van der Waals surface area (Å²) in [6, 6.07) is 18.2. The Morgan fingerprint density at radius 1 is 0.657 bits per heavy atom. The molecular formula is C34H67N. The molecule has 1 aliphatic heterocycles. The Hall–Kier alpha value is -1.76. The lowest BCUT2D eigenvalue weighted by molar-refractivity contribution is 0.603. The predicted octanol–water partition coefficient (Wildman–Crippen LogP) is 12.0. The molecular weight excluding hydrogens is 422 g/mol. The third-order valence-electron chi connectivity index (χ3n) is 5.30. The zero-order valence-corrected chi connectivity index (χ0v) is 24.8. The van der Waals surface area contributed by atoms with Gasteiger partial charge in [0.1, 0.15) is 0 Å². The van der Waals surface area contributed by atoms with Crippen molar-refractivity contribution in [1.29, 1.82) is 0 Å². The smallest absolute Gasteiger partial charge is 0.0404 e. The molecule has 2 aromatic rings. The molecule has 0 unspecified atom stereocenters. The van der Waals surface area contributed by atoms with Crippen LogP contribution in [-0.4, -0.2) is 12.6 Å². The number of hydrogen-bond acceptors (Lipinski definition) is 1. The SMILES string of the molecule is C.C.CC.CC.CC.CC.CCC.CCN1c2ccccc2[C@H](C)[C@@H]1C.c1ccc2c(c1)CCC2. The summed E-state index contributed by atoms with van der Waals surface area (Å²) in [5.74, 6) is 0.677. The first kappa shape index (κ1) is 43.3. The Bertz CT molecular complexity index is 624. The number of anilines is 1. The minimum absolute atomic E-state index is 0. The average Bonchev–Trinajstić information content (AvgIpc) is 3.48. The molecule has 0 spiro atoms. The largest absolute Gasteiger partial charge is 0.368 e. The van der Waals surface area contributed by atoms with Gasteiger partial charge in [0.15, 0.2) is 0 Å². The third kappa shape index (κ3) is 15.1. The van der Waals surface area contributed by atoms with Crippen molar-refractivity contribution in [2.24, 2.45) is 0 Å². The fourth-order valence-electron chi connectivity index (χ4n) is 3.86. The number of hydrogen-bond donors (Lipinski definition) is 0. The number of para-hydroxylation sites is 1. The molecule has 208 valence electrons. The van der Waals surface area contributed by atoms with Gasteiger partial charge in [-0.3, -0.25) is 0 Å². The van der Waals surface area contributed by atoms with Gasteiger partial charge in [0.2, 0.25) is 0 Å². The average molecular weight is 490 g/mol. The van der Waals surface area contributed by atoms with E-state index < -0.39 is 0 Å². The van der Waals surface area contributed by atoms with Crippen LogP contribution in [0.1, 0.15) is 140 Å². The van der Waals surface area contributed by atoms with Crippen LogP contribution >= 0.6 is 0 Å². The number of aryl methyl sites for hydroxylation is 2. The lowest BCUT2D eigenvalue weighted by atomic mass is 9.99. The van der Waals surface area contributed by atoms with Crippen LogP contribution in [0.15, 0.2) is 48.5 Å². The van der Waals surface area contributed by atoms with Crippen molar-refractivity contribution < 1.29 is 0 Å². The van der Waals surface area contributed by atoms with Crippen molar-refractivity contribution in [3.8, 4) is 0 Å². The Morgan fingerprint density at radius 2 is 1.03 bits per heavy atom. The second kappa shape index (κ2) is 30.3. The maximum atomic E-state index is 2.49.